The van der Waals surface area contributed by atoms with Crippen molar-refractivity contribution in [1.29, 1.82) is 0 Å². The Morgan fingerprint density at radius 1 is 1.67 bits per heavy atom. The van der Waals surface area contributed by atoms with Crippen LogP contribution < -0.4 is 10.6 Å². The normalized spacial score (nSPS) is 9.08. The van der Waals surface area contributed by atoms with E-state index in [1.807, 2.05) is 19.2 Å². The van der Waals surface area contributed by atoms with E-state index in [4.69, 9.17) is 0 Å². The zero-order valence-corrected chi connectivity index (χ0v) is 7.17. The molecule has 0 aromatic carbocycles. The Hall–Kier alpha value is -1.51. The molecule has 64 valence electrons. The monoisotopic (exact) mass is 163 g/mol. The van der Waals surface area contributed by atoms with Gasteiger partial charge in [-0.05, 0) is 23.9 Å². The summed E-state index contributed by atoms with van der Waals surface area (Å²) in [6.07, 6.45) is 3.46. The van der Waals surface area contributed by atoms with Gasteiger partial charge in [0.05, 0.1) is 0 Å². The van der Waals surface area contributed by atoms with E-state index in [-0.39, 0.29) is 0 Å². The van der Waals surface area contributed by atoms with Gasteiger partial charge in [0.15, 0.2) is 0 Å². The van der Waals surface area contributed by atoms with E-state index in [1.165, 1.54) is 5.56 Å². The Morgan fingerprint density at radius 3 is 3.17 bits per heavy atom. The molecule has 1 aromatic heterocycles. The molecule has 0 bridgehead atoms. The van der Waals surface area contributed by atoms with Crippen LogP contribution in [0.25, 0.3) is 0 Å². The summed E-state index contributed by atoms with van der Waals surface area (Å²) in [6, 6.07) is 3.97. The number of anilines is 1. The molecule has 0 aliphatic rings. The molecule has 0 saturated heterocycles. The van der Waals surface area contributed by atoms with Crippen LogP contribution in [0.5, 0.6) is 0 Å². The van der Waals surface area contributed by atoms with Crippen LogP contribution in [0.15, 0.2) is 31.1 Å². The van der Waals surface area contributed by atoms with Crippen LogP contribution in [-0.4, -0.2) is 12.0 Å². The van der Waals surface area contributed by atoms with E-state index in [9.17, 15) is 0 Å². The van der Waals surface area contributed by atoms with Gasteiger partial charge in [-0.15, -0.1) is 0 Å². The van der Waals surface area contributed by atoms with Gasteiger partial charge in [-0.2, -0.15) is 0 Å². The molecule has 0 amide bonds. The predicted octanol–water partition coefficient (Wildman–Crippen LogP) is 1.36. The highest BCUT2D eigenvalue weighted by Gasteiger charge is 1.92. The summed E-state index contributed by atoms with van der Waals surface area (Å²) in [7, 11) is 1.85. The molecule has 0 saturated carbocycles. The van der Waals surface area contributed by atoms with Crippen LogP contribution in [0, 0.1) is 0 Å². The maximum atomic E-state index is 4.10. The van der Waals surface area contributed by atoms with Crippen LogP contribution in [-0.2, 0) is 6.54 Å². The first-order valence-electron chi connectivity index (χ1n) is 3.84. The van der Waals surface area contributed by atoms with Crippen molar-refractivity contribution in [3.8, 4) is 0 Å². The van der Waals surface area contributed by atoms with Gasteiger partial charge in [-0.3, -0.25) is 0 Å². The molecule has 0 fully saturated rings. The van der Waals surface area contributed by atoms with Crippen LogP contribution in [0.1, 0.15) is 5.56 Å². The minimum Gasteiger partial charge on any atom is -0.387 e. The van der Waals surface area contributed by atoms with Gasteiger partial charge in [-0.1, -0.05) is 6.58 Å². The minimum atomic E-state index is 0.792. The first-order valence-corrected chi connectivity index (χ1v) is 3.84. The molecule has 0 aliphatic carbocycles. The third kappa shape index (κ3) is 2.27. The van der Waals surface area contributed by atoms with Gasteiger partial charge < -0.3 is 10.6 Å². The van der Waals surface area contributed by atoms with E-state index >= 15 is 0 Å². The molecule has 3 nitrogen and oxygen atoms in total. The van der Waals surface area contributed by atoms with Crippen LogP contribution >= 0.6 is 0 Å². The lowest BCUT2D eigenvalue weighted by Gasteiger charge is -2.03. The molecule has 2 N–H and O–H groups in total. The smallest absolute Gasteiger partial charge is 0.125 e. The topological polar surface area (TPSA) is 37.0 Å². The van der Waals surface area contributed by atoms with Crippen molar-refractivity contribution in [1.82, 2.24) is 10.3 Å². The minimum absolute atomic E-state index is 0.792. The second-order valence-electron chi connectivity index (χ2n) is 2.38. The van der Waals surface area contributed by atoms with Gasteiger partial charge in [0.2, 0.25) is 0 Å². The van der Waals surface area contributed by atoms with Crippen molar-refractivity contribution in [3.63, 3.8) is 0 Å². The van der Waals surface area contributed by atoms with Crippen LogP contribution in [0.2, 0.25) is 0 Å². The number of nitrogens with one attached hydrogen (secondary N) is 2. The highest BCUT2D eigenvalue weighted by Crippen LogP contribution is 2.04. The molecule has 1 rings (SSSR count). The van der Waals surface area contributed by atoms with Crippen molar-refractivity contribution in [2.24, 2.45) is 0 Å². The fourth-order valence-corrected chi connectivity index (χ4v) is 0.911. The maximum absolute atomic E-state index is 4.10. The third-order valence-electron chi connectivity index (χ3n) is 1.53. The highest BCUT2D eigenvalue weighted by molar-refractivity contribution is 5.36. The second kappa shape index (κ2) is 4.38. The Kier molecular flexibility index (Phi) is 3.14. The van der Waals surface area contributed by atoms with E-state index in [1.54, 1.807) is 12.4 Å². The Labute approximate surface area is 72.5 Å². The molecular weight excluding hydrogens is 150 g/mol. The van der Waals surface area contributed by atoms with Crippen LogP contribution in [0.4, 0.5) is 5.82 Å². The number of hydrogen-bond acceptors (Lipinski definition) is 3. The zero-order chi connectivity index (χ0) is 8.81. The maximum Gasteiger partial charge on any atom is 0.125 e. The van der Waals surface area contributed by atoms with Crippen molar-refractivity contribution in [2.45, 2.75) is 6.54 Å². The van der Waals surface area contributed by atoms with Gasteiger partial charge in [0.1, 0.15) is 5.82 Å². The number of rotatable bonds is 4. The summed E-state index contributed by atoms with van der Waals surface area (Å²) in [6.45, 7) is 4.37. The first-order chi connectivity index (χ1) is 5.86. The van der Waals surface area contributed by atoms with E-state index in [0.717, 1.165) is 12.4 Å². The molecular formula is C9H13N3. The third-order valence-corrected chi connectivity index (χ3v) is 1.53. The molecule has 12 heavy (non-hydrogen) atoms. The van der Waals surface area contributed by atoms with E-state index < -0.39 is 0 Å². The molecule has 1 heterocycles. The molecule has 0 unspecified atom stereocenters. The Balaban J connectivity index is 2.65. The first kappa shape index (κ1) is 8.59. The number of pyridine rings is 1. The van der Waals surface area contributed by atoms with Crippen molar-refractivity contribution >= 4 is 5.82 Å². The van der Waals surface area contributed by atoms with E-state index in [2.05, 4.69) is 22.2 Å². The number of nitrogens with zero attached hydrogens (tertiary/aromatic N) is 1. The van der Waals surface area contributed by atoms with Crippen LogP contribution in [0.3, 0.4) is 0 Å². The SMILES string of the molecule is C=CNCc1ccnc(NC)c1. The van der Waals surface area contributed by atoms with Crippen molar-refractivity contribution in [2.75, 3.05) is 12.4 Å². The van der Waals surface area contributed by atoms with Gasteiger partial charge in [0.25, 0.3) is 0 Å². The predicted molar refractivity (Wildman–Crippen MR) is 50.8 cm³/mol. The lowest BCUT2D eigenvalue weighted by Crippen LogP contribution is -2.04. The molecule has 0 radical (unpaired) electrons. The number of aromatic nitrogens is 1. The number of hydrogen-bond donors (Lipinski definition) is 2. The molecule has 3 heteroatoms. The van der Waals surface area contributed by atoms with Gasteiger partial charge in [-0.25, -0.2) is 4.98 Å². The summed E-state index contributed by atoms with van der Waals surface area (Å²) in [5.74, 6) is 0.887. The average Bonchev–Trinajstić information content (AvgIpc) is 2.15. The van der Waals surface area contributed by atoms with E-state index in [0.29, 0.717) is 0 Å². The largest absolute Gasteiger partial charge is 0.387 e. The summed E-state index contributed by atoms with van der Waals surface area (Å²) in [5, 5.41) is 6.00. The summed E-state index contributed by atoms with van der Waals surface area (Å²) < 4.78 is 0. The second-order valence-corrected chi connectivity index (χ2v) is 2.38. The summed E-state index contributed by atoms with van der Waals surface area (Å²) >= 11 is 0. The lowest BCUT2D eigenvalue weighted by atomic mass is 10.2. The van der Waals surface area contributed by atoms with Crippen molar-refractivity contribution in [3.05, 3.63) is 36.7 Å². The molecule has 0 spiro atoms. The summed E-state index contributed by atoms with van der Waals surface area (Å²) in [5.41, 5.74) is 1.19. The average molecular weight is 163 g/mol. The molecule has 0 atom stereocenters. The Bertz CT molecular complexity index is 258. The molecule has 1 aromatic rings. The van der Waals surface area contributed by atoms with Gasteiger partial charge >= 0.3 is 0 Å². The fraction of sp³-hybridized carbons (Fsp3) is 0.222. The highest BCUT2D eigenvalue weighted by atomic mass is 14.9. The van der Waals surface area contributed by atoms with Crippen molar-refractivity contribution < 1.29 is 0 Å². The quantitative estimate of drug-likeness (QED) is 0.703. The summed E-state index contributed by atoms with van der Waals surface area (Å²) in [4.78, 5) is 4.10. The standard InChI is InChI=1S/C9H13N3/c1-3-11-7-8-4-5-12-9(6-8)10-2/h3-6,11H,1,7H2,2H3,(H,10,12). The molecule has 0 aliphatic heterocycles. The van der Waals surface area contributed by atoms with Gasteiger partial charge in [0, 0.05) is 19.8 Å². The fourth-order valence-electron chi connectivity index (χ4n) is 0.911. The zero-order valence-electron chi connectivity index (χ0n) is 7.17. The lowest BCUT2D eigenvalue weighted by molar-refractivity contribution is 0.870. The Morgan fingerprint density at radius 2 is 2.50 bits per heavy atom.